The van der Waals surface area contributed by atoms with Gasteiger partial charge in [-0.05, 0) is 49.3 Å². The van der Waals surface area contributed by atoms with Crippen LogP contribution in [0.3, 0.4) is 0 Å². The third-order valence-electron chi connectivity index (χ3n) is 4.98. The minimum atomic E-state index is -4.42. The lowest BCUT2D eigenvalue weighted by Gasteiger charge is -2.23. The Kier molecular flexibility index (Phi) is 3.97. The number of aliphatic hydroxyl groups is 1. The second-order valence-electron chi connectivity index (χ2n) is 6.21. The molecule has 1 saturated carbocycles. The molecule has 0 radical (unpaired) electrons. The molecule has 5 heteroatoms. The number of alkyl halides is 3. The first-order valence-electron chi connectivity index (χ1n) is 7.54. The van der Waals surface area contributed by atoms with Gasteiger partial charge in [0.25, 0.3) is 0 Å². The molecule has 3 rings (SSSR count). The highest BCUT2D eigenvalue weighted by Gasteiger charge is 2.41. The predicted molar refractivity (Wildman–Crippen MR) is 73.6 cm³/mol. The molecule has 116 valence electrons. The topological polar surface area (TPSA) is 32.3 Å². The van der Waals surface area contributed by atoms with E-state index in [0.717, 1.165) is 19.0 Å². The van der Waals surface area contributed by atoms with Crippen molar-refractivity contribution in [3.63, 3.8) is 0 Å². The fourth-order valence-electron chi connectivity index (χ4n) is 3.97. The Labute approximate surface area is 122 Å². The van der Waals surface area contributed by atoms with E-state index in [1.165, 1.54) is 25.0 Å². The first-order chi connectivity index (χ1) is 9.97. The van der Waals surface area contributed by atoms with Crippen LogP contribution < -0.4 is 5.32 Å². The van der Waals surface area contributed by atoms with Gasteiger partial charge in [-0.2, -0.15) is 13.2 Å². The zero-order valence-corrected chi connectivity index (χ0v) is 11.7. The summed E-state index contributed by atoms with van der Waals surface area (Å²) in [4.78, 5) is 0. The minimum absolute atomic E-state index is 0.00625. The monoisotopic (exact) mass is 299 g/mol. The van der Waals surface area contributed by atoms with Gasteiger partial charge in [-0.25, -0.2) is 0 Å². The lowest BCUT2D eigenvalue weighted by molar-refractivity contribution is -0.139. The summed E-state index contributed by atoms with van der Waals surface area (Å²) in [6, 6.07) is 5.47. The highest BCUT2D eigenvalue weighted by Crippen LogP contribution is 2.41. The Bertz CT molecular complexity index is 503. The van der Waals surface area contributed by atoms with Gasteiger partial charge in [0.1, 0.15) is 0 Å². The van der Waals surface area contributed by atoms with E-state index in [4.69, 9.17) is 0 Å². The van der Waals surface area contributed by atoms with Crippen LogP contribution in [0, 0.1) is 11.8 Å². The number of halogens is 3. The minimum Gasteiger partial charge on any atom is -0.388 e. The lowest BCUT2D eigenvalue weighted by Crippen LogP contribution is -2.29. The number of rotatable bonds is 3. The average molecular weight is 299 g/mol. The van der Waals surface area contributed by atoms with Crippen LogP contribution in [0.15, 0.2) is 24.3 Å². The summed E-state index contributed by atoms with van der Waals surface area (Å²) in [6.07, 6.45) is -1.62. The maximum Gasteiger partial charge on any atom is 0.416 e. The number of benzene rings is 1. The summed E-state index contributed by atoms with van der Waals surface area (Å²) in [5, 5.41) is 13.7. The summed E-state index contributed by atoms with van der Waals surface area (Å²) in [5.41, 5.74) is -0.730. The van der Waals surface area contributed by atoms with Crippen molar-refractivity contribution in [2.75, 3.05) is 6.54 Å². The quantitative estimate of drug-likeness (QED) is 0.895. The third kappa shape index (κ3) is 2.94. The molecule has 2 N–H and O–H groups in total. The van der Waals surface area contributed by atoms with Gasteiger partial charge in [-0.15, -0.1) is 0 Å². The molecule has 1 aliphatic heterocycles. The van der Waals surface area contributed by atoms with Crippen LogP contribution in [0.4, 0.5) is 13.2 Å². The van der Waals surface area contributed by atoms with E-state index in [1.807, 2.05) is 0 Å². The average Bonchev–Trinajstić information content (AvgIpc) is 3.03. The molecule has 1 aromatic rings. The van der Waals surface area contributed by atoms with Crippen LogP contribution in [0.5, 0.6) is 0 Å². The normalized spacial score (nSPS) is 30.4. The molecule has 1 aromatic carbocycles. The molecular formula is C16H20F3NO. The molecular weight excluding hydrogens is 279 g/mol. The predicted octanol–water partition coefficient (Wildman–Crippen LogP) is 3.52. The molecule has 0 bridgehead atoms. The Balaban J connectivity index is 1.75. The van der Waals surface area contributed by atoms with Gasteiger partial charge in [0.05, 0.1) is 11.7 Å². The lowest BCUT2D eigenvalue weighted by atomic mass is 9.88. The van der Waals surface area contributed by atoms with Crippen LogP contribution >= 0.6 is 0 Å². The Morgan fingerprint density at radius 2 is 2.00 bits per heavy atom. The van der Waals surface area contributed by atoms with Crippen molar-refractivity contribution in [1.82, 2.24) is 5.32 Å². The molecule has 2 nitrogen and oxygen atoms in total. The van der Waals surface area contributed by atoms with E-state index in [2.05, 4.69) is 5.32 Å². The van der Waals surface area contributed by atoms with Gasteiger partial charge in [0, 0.05) is 6.04 Å². The molecule has 0 amide bonds. The van der Waals surface area contributed by atoms with Crippen molar-refractivity contribution in [1.29, 1.82) is 0 Å². The van der Waals surface area contributed by atoms with E-state index in [9.17, 15) is 18.3 Å². The van der Waals surface area contributed by atoms with Crippen molar-refractivity contribution in [2.45, 2.75) is 44.0 Å². The first-order valence-corrected chi connectivity index (χ1v) is 7.54. The van der Waals surface area contributed by atoms with Gasteiger partial charge in [0.15, 0.2) is 0 Å². The third-order valence-corrected chi connectivity index (χ3v) is 4.98. The van der Waals surface area contributed by atoms with Crippen LogP contribution in [0.1, 0.15) is 42.9 Å². The van der Waals surface area contributed by atoms with Crippen LogP contribution in [0.2, 0.25) is 0 Å². The molecule has 2 fully saturated rings. The molecule has 4 unspecified atom stereocenters. The van der Waals surface area contributed by atoms with Crippen molar-refractivity contribution in [3.05, 3.63) is 35.4 Å². The second-order valence-corrected chi connectivity index (χ2v) is 6.21. The highest BCUT2D eigenvalue weighted by molar-refractivity contribution is 5.31. The number of fused-ring (bicyclic) bond motifs is 1. The fraction of sp³-hybridized carbons (Fsp3) is 0.625. The van der Waals surface area contributed by atoms with Gasteiger partial charge < -0.3 is 10.4 Å². The van der Waals surface area contributed by atoms with Crippen molar-refractivity contribution in [2.24, 2.45) is 11.8 Å². The van der Waals surface area contributed by atoms with Crippen LogP contribution in [0.25, 0.3) is 0 Å². The summed E-state index contributed by atoms with van der Waals surface area (Å²) < 4.78 is 39.0. The van der Waals surface area contributed by atoms with Crippen molar-refractivity contribution in [3.8, 4) is 0 Å². The van der Waals surface area contributed by atoms with Crippen LogP contribution in [-0.4, -0.2) is 17.7 Å². The summed E-state index contributed by atoms with van der Waals surface area (Å²) in [7, 11) is 0. The first kappa shape index (κ1) is 14.9. The number of hydrogen-bond donors (Lipinski definition) is 2. The number of hydrogen-bond acceptors (Lipinski definition) is 2. The molecule has 1 aliphatic carbocycles. The number of aliphatic hydroxyl groups excluding tert-OH is 1. The van der Waals surface area contributed by atoms with Crippen molar-refractivity contribution < 1.29 is 18.3 Å². The van der Waals surface area contributed by atoms with Gasteiger partial charge in [-0.3, -0.25) is 0 Å². The van der Waals surface area contributed by atoms with E-state index in [0.29, 0.717) is 18.3 Å². The Hall–Kier alpha value is -1.07. The van der Waals surface area contributed by atoms with Gasteiger partial charge >= 0.3 is 6.18 Å². The number of nitrogens with one attached hydrogen (secondary N) is 1. The molecule has 0 spiro atoms. The standard InChI is InChI=1S/C16H20F3NO/c17-16(18,19)13-7-2-1-5-12(13)15(21)8-14-11-6-3-4-10(11)9-20-14/h1-2,5,7,10-11,14-15,20-21H,3-4,6,8-9H2. The van der Waals surface area contributed by atoms with E-state index < -0.39 is 17.8 Å². The van der Waals surface area contributed by atoms with Crippen LogP contribution in [-0.2, 0) is 6.18 Å². The Morgan fingerprint density at radius 1 is 1.24 bits per heavy atom. The molecule has 1 saturated heterocycles. The summed E-state index contributed by atoms with van der Waals surface area (Å²) in [6.45, 7) is 0.934. The largest absolute Gasteiger partial charge is 0.416 e. The summed E-state index contributed by atoms with van der Waals surface area (Å²) >= 11 is 0. The SMILES string of the molecule is OC(CC1NCC2CCCC21)c1ccccc1C(F)(F)F. The molecule has 1 heterocycles. The van der Waals surface area contributed by atoms with Gasteiger partial charge in [-0.1, -0.05) is 24.6 Å². The van der Waals surface area contributed by atoms with E-state index in [1.54, 1.807) is 6.07 Å². The van der Waals surface area contributed by atoms with Crippen molar-refractivity contribution >= 4 is 0 Å². The fourth-order valence-corrected chi connectivity index (χ4v) is 3.97. The smallest absolute Gasteiger partial charge is 0.388 e. The van der Waals surface area contributed by atoms with E-state index in [-0.39, 0.29) is 11.6 Å². The summed E-state index contributed by atoms with van der Waals surface area (Å²) in [5.74, 6) is 1.15. The molecule has 0 aromatic heterocycles. The highest BCUT2D eigenvalue weighted by atomic mass is 19.4. The Morgan fingerprint density at radius 3 is 2.76 bits per heavy atom. The maximum atomic E-state index is 13.0. The van der Waals surface area contributed by atoms with Gasteiger partial charge in [0.2, 0.25) is 0 Å². The molecule has 4 atom stereocenters. The zero-order valence-electron chi connectivity index (χ0n) is 11.7. The van der Waals surface area contributed by atoms with E-state index >= 15 is 0 Å². The molecule has 21 heavy (non-hydrogen) atoms. The maximum absolute atomic E-state index is 13.0. The zero-order chi connectivity index (χ0) is 15.0. The second kappa shape index (κ2) is 5.61. The molecule has 2 aliphatic rings.